The third kappa shape index (κ3) is 7.47. The van der Waals surface area contributed by atoms with E-state index in [0.717, 1.165) is 11.1 Å². The molecule has 33 heavy (non-hydrogen) atoms. The van der Waals surface area contributed by atoms with E-state index in [0.29, 0.717) is 17.7 Å². The maximum absolute atomic E-state index is 13.0. The molecule has 0 unspecified atom stereocenters. The molecule has 0 fully saturated rings. The van der Waals surface area contributed by atoms with Gasteiger partial charge in [0.2, 0.25) is 11.8 Å². The summed E-state index contributed by atoms with van der Waals surface area (Å²) in [5, 5.41) is 5.60. The summed E-state index contributed by atoms with van der Waals surface area (Å²) in [6.45, 7) is 2.03. The average Bonchev–Trinajstić information content (AvgIpc) is 2.84. The monoisotopic (exact) mass is 442 g/mol. The van der Waals surface area contributed by atoms with E-state index in [1.165, 1.54) is 6.08 Å². The number of benzene rings is 3. The highest BCUT2D eigenvalue weighted by Gasteiger charge is 2.21. The Morgan fingerprint density at radius 2 is 1.52 bits per heavy atom. The number of amides is 2. The van der Waals surface area contributed by atoms with Crippen LogP contribution in [0.15, 0.2) is 91.0 Å². The van der Waals surface area contributed by atoms with Crippen LogP contribution in [-0.4, -0.2) is 30.4 Å². The van der Waals surface area contributed by atoms with Gasteiger partial charge in [-0.3, -0.25) is 9.59 Å². The molecule has 6 nitrogen and oxygen atoms in total. The van der Waals surface area contributed by atoms with Crippen LogP contribution >= 0.6 is 0 Å². The summed E-state index contributed by atoms with van der Waals surface area (Å²) in [6, 6.07) is 24.5. The Hall–Kier alpha value is -4.19. The third-order valence-corrected chi connectivity index (χ3v) is 4.81. The lowest BCUT2D eigenvalue weighted by Gasteiger charge is -2.18. The Balaban J connectivity index is 1.70. The van der Waals surface area contributed by atoms with Crippen LogP contribution < -0.4 is 10.6 Å². The molecule has 3 rings (SSSR count). The topological polar surface area (TPSA) is 84.5 Å². The standard InChI is InChI=1S/C27H26N2O4/c1-2-33-27(32)22-14-16-23(17-15-22)28-26(31)24(19-21-11-7-4-8-12-21)29-25(30)18-13-20-9-5-3-6-10-20/h3-18,24H,2,19H2,1H3,(H,28,31)(H,29,30)/t24-/m0/s1. The summed E-state index contributed by atoms with van der Waals surface area (Å²) in [7, 11) is 0. The third-order valence-electron chi connectivity index (χ3n) is 4.81. The zero-order chi connectivity index (χ0) is 23.5. The normalized spacial score (nSPS) is 11.5. The van der Waals surface area contributed by atoms with Crippen LogP contribution in [0.3, 0.4) is 0 Å². The Labute approximate surface area is 193 Å². The zero-order valence-electron chi connectivity index (χ0n) is 18.4. The van der Waals surface area contributed by atoms with Crippen molar-refractivity contribution in [3.63, 3.8) is 0 Å². The molecule has 0 aliphatic rings. The van der Waals surface area contributed by atoms with Crippen molar-refractivity contribution < 1.29 is 19.1 Å². The second kappa shape index (κ2) is 12.0. The van der Waals surface area contributed by atoms with E-state index < -0.39 is 12.0 Å². The number of rotatable bonds is 9. The van der Waals surface area contributed by atoms with Gasteiger partial charge >= 0.3 is 5.97 Å². The summed E-state index contributed by atoms with van der Waals surface area (Å²) < 4.78 is 4.97. The number of hydrogen-bond donors (Lipinski definition) is 2. The molecule has 0 bridgehead atoms. The molecule has 1 atom stereocenters. The minimum absolute atomic E-state index is 0.289. The summed E-state index contributed by atoms with van der Waals surface area (Å²) in [5.41, 5.74) is 2.72. The van der Waals surface area contributed by atoms with Gasteiger partial charge in [-0.25, -0.2) is 4.79 Å². The molecule has 0 radical (unpaired) electrons. The van der Waals surface area contributed by atoms with Crippen molar-refractivity contribution in [3.8, 4) is 0 Å². The van der Waals surface area contributed by atoms with Gasteiger partial charge in [0.25, 0.3) is 0 Å². The highest BCUT2D eigenvalue weighted by Crippen LogP contribution is 2.12. The number of anilines is 1. The van der Waals surface area contributed by atoms with Crippen LogP contribution in [0.4, 0.5) is 5.69 Å². The van der Waals surface area contributed by atoms with E-state index in [9.17, 15) is 14.4 Å². The Morgan fingerprint density at radius 3 is 2.15 bits per heavy atom. The van der Waals surface area contributed by atoms with Gasteiger partial charge in [-0.1, -0.05) is 60.7 Å². The molecule has 0 aromatic heterocycles. The first-order valence-electron chi connectivity index (χ1n) is 10.7. The van der Waals surface area contributed by atoms with Crippen LogP contribution in [0.2, 0.25) is 0 Å². The van der Waals surface area contributed by atoms with Crippen molar-refractivity contribution in [2.75, 3.05) is 11.9 Å². The van der Waals surface area contributed by atoms with Gasteiger partial charge in [0, 0.05) is 18.2 Å². The molecular weight excluding hydrogens is 416 g/mol. The van der Waals surface area contributed by atoms with E-state index in [1.807, 2.05) is 60.7 Å². The number of ether oxygens (including phenoxy) is 1. The molecular formula is C27H26N2O4. The van der Waals surface area contributed by atoms with E-state index in [4.69, 9.17) is 4.74 Å². The summed E-state index contributed by atoms with van der Waals surface area (Å²) in [4.78, 5) is 37.3. The minimum Gasteiger partial charge on any atom is -0.462 e. The van der Waals surface area contributed by atoms with Crippen molar-refractivity contribution in [1.29, 1.82) is 0 Å². The Kier molecular flexibility index (Phi) is 8.54. The van der Waals surface area contributed by atoms with Gasteiger partial charge in [-0.05, 0) is 48.4 Å². The summed E-state index contributed by atoms with van der Waals surface area (Å²) in [6.07, 6.45) is 3.44. The molecule has 0 saturated heterocycles. The molecule has 168 valence electrons. The zero-order valence-corrected chi connectivity index (χ0v) is 18.4. The first-order valence-corrected chi connectivity index (χ1v) is 10.7. The lowest BCUT2D eigenvalue weighted by Crippen LogP contribution is -2.44. The maximum Gasteiger partial charge on any atom is 0.338 e. The van der Waals surface area contributed by atoms with Gasteiger partial charge in [0.15, 0.2) is 0 Å². The number of carbonyl (C=O) groups excluding carboxylic acids is 3. The van der Waals surface area contributed by atoms with Gasteiger partial charge in [-0.2, -0.15) is 0 Å². The average molecular weight is 443 g/mol. The van der Waals surface area contributed by atoms with Gasteiger partial charge < -0.3 is 15.4 Å². The van der Waals surface area contributed by atoms with Crippen molar-refractivity contribution >= 4 is 29.5 Å². The van der Waals surface area contributed by atoms with Crippen LogP contribution in [0, 0.1) is 0 Å². The Bertz CT molecular complexity index is 1090. The van der Waals surface area contributed by atoms with Gasteiger partial charge in [-0.15, -0.1) is 0 Å². The molecule has 2 N–H and O–H groups in total. The minimum atomic E-state index is -0.787. The van der Waals surface area contributed by atoms with E-state index in [1.54, 1.807) is 37.3 Å². The van der Waals surface area contributed by atoms with Gasteiger partial charge in [0.1, 0.15) is 6.04 Å². The van der Waals surface area contributed by atoms with Crippen molar-refractivity contribution in [1.82, 2.24) is 5.32 Å². The molecule has 0 spiro atoms. The quantitative estimate of drug-likeness (QED) is 0.383. The number of carbonyl (C=O) groups is 3. The second-order valence-electron chi connectivity index (χ2n) is 7.28. The molecule has 3 aromatic carbocycles. The van der Waals surface area contributed by atoms with Gasteiger partial charge in [0.05, 0.1) is 12.2 Å². The second-order valence-corrected chi connectivity index (χ2v) is 7.28. The number of hydrogen-bond acceptors (Lipinski definition) is 4. The molecule has 0 aliphatic heterocycles. The van der Waals surface area contributed by atoms with Crippen LogP contribution in [0.1, 0.15) is 28.4 Å². The Morgan fingerprint density at radius 1 is 0.879 bits per heavy atom. The highest BCUT2D eigenvalue weighted by atomic mass is 16.5. The number of nitrogens with one attached hydrogen (secondary N) is 2. The van der Waals surface area contributed by atoms with E-state index in [2.05, 4.69) is 10.6 Å². The van der Waals surface area contributed by atoms with E-state index >= 15 is 0 Å². The lowest BCUT2D eigenvalue weighted by molar-refractivity contribution is -0.123. The summed E-state index contributed by atoms with van der Waals surface area (Å²) in [5.74, 6) is -1.15. The smallest absolute Gasteiger partial charge is 0.338 e. The maximum atomic E-state index is 13.0. The first kappa shape index (κ1) is 23.5. The van der Waals surface area contributed by atoms with Crippen molar-refractivity contribution in [3.05, 3.63) is 108 Å². The highest BCUT2D eigenvalue weighted by molar-refractivity contribution is 6.00. The SMILES string of the molecule is CCOC(=O)c1ccc(NC(=O)[C@H](Cc2ccccc2)NC(=O)C=Cc2ccccc2)cc1. The van der Waals surface area contributed by atoms with E-state index in [-0.39, 0.29) is 18.4 Å². The van der Waals surface area contributed by atoms with Crippen molar-refractivity contribution in [2.45, 2.75) is 19.4 Å². The lowest BCUT2D eigenvalue weighted by atomic mass is 10.0. The molecule has 6 heteroatoms. The molecule has 3 aromatic rings. The fourth-order valence-corrected chi connectivity index (χ4v) is 3.15. The molecule has 0 heterocycles. The largest absolute Gasteiger partial charge is 0.462 e. The first-order chi connectivity index (χ1) is 16.0. The molecule has 0 aliphatic carbocycles. The van der Waals surface area contributed by atoms with Crippen molar-refractivity contribution in [2.24, 2.45) is 0 Å². The molecule has 2 amide bonds. The predicted octanol–water partition coefficient (Wildman–Crippen LogP) is 4.24. The fraction of sp³-hybridized carbons (Fsp3) is 0.148. The summed E-state index contributed by atoms with van der Waals surface area (Å²) >= 11 is 0. The predicted molar refractivity (Wildman–Crippen MR) is 129 cm³/mol. The van der Waals surface area contributed by atoms with Crippen LogP contribution in [0.5, 0.6) is 0 Å². The van der Waals surface area contributed by atoms with Crippen LogP contribution in [-0.2, 0) is 20.7 Å². The van der Waals surface area contributed by atoms with Crippen LogP contribution in [0.25, 0.3) is 6.08 Å². The molecule has 0 saturated carbocycles. The number of esters is 1. The fourth-order valence-electron chi connectivity index (χ4n) is 3.15.